The summed E-state index contributed by atoms with van der Waals surface area (Å²) in [6, 6.07) is 15.0. The van der Waals surface area contributed by atoms with Crippen LogP contribution in [-0.2, 0) is 4.79 Å². The first-order chi connectivity index (χ1) is 12.6. The van der Waals surface area contributed by atoms with E-state index in [2.05, 4.69) is 5.32 Å². The van der Waals surface area contributed by atoms with Gasteiger partial charge in [0.15, 0.2) is 0 Å². The van der Waals surface area contributed by atoms with Crippen molar-refractivity contribution in [1.82, 2.24) is 4.90 Å². The van der Waals surface area contributed by atoms with Gasteiger partial charge in [0.1, 0.15) is 5.75 Å². The molecule has 0 aliphatic carbocycles. The molecule has 1 aliphatic heterocycles. The number of aryl methyl sites for hydroxylation is 1. The predicted octanol–water partition coefficient (Wildman–Crippen LogP) is 3.49. The van der Waals surface area contributed by atoms with Crippen LogP contribution in [0.4, 0.5) is 5.69 Å². The molecular weight excluding hydrogens is 328 g/mol. The maximum Gasteiger partial charge on any atom is 0.254 e. The van der Waals surface area contributed by atoms with Crippen LogP contribution in [0.1, 0.15) is 28.8 Å². The molecule has 5 heteroatoms. The van der Waals surface area contributed by atoms with E-state index in [1.807, 2.05) is 54.3 Å². The molecule has 0 atom stereocenters. The number of nitrogens with zero attached hydrogens (tertiary/aromatic N) is 1. The van der Waals surface area contributed by atoms with Crippen LogP contribution < -0.4 is 10.1 Å². The number of hydrogen-bond acceptors (Lipinski definition) is 3. The standard InChI is InChI=1S/C21H24N2O3/c1-15-6-3-4-9-19(15)21(25)23-12-10-16(11-13-23)20(24)22-17-7-5-8-18(14-17)26-2/h3-9,14,16H,10-13H2,1-2H3,(H,22,24). The molecule has 1 fully saturated rings. The Morgan fingerprint density at radius 1 is 1.08 bits per heavy atom. The zero-order valence-corrected chi connectivity index (χ0v) is 15.2. The molecule has 0 radical (unpaired) electrons. The zero-order chi connectivity index (χ0) is 18.5. The molecule has 2 aromatic carbocycles. The van der Waals surface area contributed by atoms with Crippen molar-refractivity contribution in [2.45, 2.75) is 19.8 Å². The van der Waals surface area contributed by atoms with Crippen molar-refractivity contribution in [2.24, 2.45) is 5.92 Å². The Labute approximate surface area is 154 Å². The highest BCUT2D eigenvalue weighted by atomic mass is 16.5. The Kier molecular flexibility index (Phi) is 5.56. The summed E-state index contributed by atoms with van der Waals surface area (Å²) in [5, 5.41) is 2.95. The van der Waals surface area contributed by atoms with Crippen molar-refractivity contribution in [3.05, 3.63) is 59.7 Å². The van der Waals surface area contributed by atoms with Gasteiger partial charge in [-0.25, -0.2) is 0 Å². The second-order valence-corrected chi connectivity index (χ2v) is 6.60. The van der Waals surface area contributed by atoms with E-state index >= 15 is 0 Å². The largest absolute Gasteiger partial charge is 0.497 e. The number of rotatable bonds is 4. The molecular formula is C21H24N2O3. The summed E-state index contributed by atoms with van der Waals surface area (Å²) in [7, 11) is 1.60. The van der Waals surface area contributed by atoms with E-state index in [1.165, 1.54) is 0 Å². The Bertz CT molecular complexity index is 795. The molecule has 1 N–H and O–H groups in total. The summed E-state index contributed by atoms with van der Waals surface area (Å²) in [6.45, 7) is 3.15. The SMILES string of the molecule is COc1cccc(NC(=O)C2CCN(C(=O)c3ccccc3C)CC2)c1. The van der Waals surface area contributed by atoms with Gasteiger partial charge in [-0.2, -0.15) is 0 Å². The summed E-state index contributed by atoms with van der Waals surface area (Å²) in [6.07, 6.45) is 1.35. The van der Waals surface area contributed by atoms with Crippen molar-refractivity contribution in [3.63, 3.8) is 0 Å². The summed E-state index contributed by atoms with van der Waals surface area (Å²) in [4.78, 5) is 27.0. The van der Waals surface area contributed by atoms with E-state index in [-0.39, 0.29) is 17.7 Å². The molecule has 2 aromatic rings. The van der Waals surface area contributed by atoms with E-state index in [0.29, 0.717) is 31.7 Å². The lowest BCUT2D eigenvalue weighted by Crippen LogP contribution is -2.41. The van der Waals surface area contributed by atoms with Crippen molar-refractivity contribution in [3.8, 4) is 5.75 Å². The zero-order valence-electron chi connectivity index (χ0n) is 15.2. The number of likely N-dealkylation sites (tertiary alicyclic amines) is 1. The number of carbonyl (C=O) groups excluding carboxylic acids is 2. The molecule has 1 heterocycles. The van der Waals surface area contributed by atoms with Gasteiger partial charge in [-0.3, -0.25) is 9.59 Å². The molecule has 3 rings (SSSR count). The molecule has 2 amide bonds. The van der Waals surface area contributed by atoms with Crippen LogP contribution in [0.5, 0.6) is 5.75 Å². The number of methoxy groups -OCH3 is 1. The highest BCUT2D eigenvalue weighted by Gasteiger charge is 2.28. The minimum Gasteiger partial charge on any atom is -0.497 e. The molecule has 5 nitrogen and oxygen atoms in total. The normalized spacial score (nSPS) is 14.8. The number of nitrogens with one attached hydrogen (secondary N) is 1. The number of anilines is 1. The van der Waals surface area contributed by atoms with Gasteiger partial charge in [0.05, 0.1) is 7.11 Å². The Morgan fingerprint density at radius 3 is 2.50 bits per heavy atom. The lowest BCUT2D eigenvalue weighted by molar-refractivity contribution is -0.121. The van der Waals surface area contributed by atoms with E-state index in [9.17, 15) is 9.59 Å². The number of hydrogen-bond donors (Lipinski definition) is 1. The van der Waals surface area contributed by atoms with Crippen LogP contribution in [0.15, 0.2) is 48.5 Å². The fourth-order valence-electron chi connectivity index (χ4n) is 3.27. The van der Waals surface area contributed by atoms with Crippen molar-refractivity contribution in [1.29, 1.82) is 0 Å². The molecule has 0 unspecified atom stereocenters. The molecule has 0 spiro atoms. The summed E-state index contributed by atoms with van der Waals surface area (Å²) >= 11 is 0. The summed E-state index contributed by atoms with van der Waals surface area (Å²) < 4.78 is 5.18. The third kappa shape index (κ3) is 4.04. The van der Waals surface area contributed by atoms with Gasteiger partial charge < -0.3 is 15.0 Å². The van der Waals surface area contributed by atoms with Gasteiger partial charge in [0.2, 0.25) is 5.91 Å². The number of carbonyl (C=O) groups is 2. The minimum atomic E-state index is -0.0814. The Morgan fingerprint density at radius 2 is 1.81 bits per heavy atom. The molecule has 0 saturated carbocycles. The van der Waals surface area contributed by atoms with Crippen LogP contribution in [0, 0.1) is 12.8 Å². The molecule has 136 valence electrons. The van der Waals surface area contributed by atoms with Crippen molar-refractivity contribution >= 4 is 17.5 Å². The first-order valence-corrected chi connectivity index (χ1v) is 8.88. The quantitative estimate of drug-likeness (QED) is 0.916. The van der Waals surface area contributed by atoms with Gasteiger partial charge in [-0.05, 0) is 43.5 Å². The lowest BCUT2D eigenvalue weighted by atomic mass is 9.95. The maximum absolute atomic E-state index is 12.7. The number of piperidine rings is 1. The van der Waals surface area contributed by atoms with Gasteiger partial charge in [-0.15, -0.1) is 0 Å². The van der Waals surface area contributed by atoms with E-state index in [0.717, 1.165) is 16.8 Å². The first-order valence-electron chi connectivity index (χ1n) is 8.88. The van der Waals surface area contributed by atoms with Crippen molar-refractivity contribution < 1.29 is 14.3 Å². The van der Waals surface area contributed by atoms with Crippen LogP contribution in [0.25, 0.3) is 0 Å². The fraction of sp³-hybridized carbons (Fsp3) is 0.333. The van der Waals surface area contributed by atoms with Gasteiger partial charge in [0.25, 0.3) is 5.91 Å². The van der Waals surface area contributed by atoms with Crippen LogP contribution in [0.3, 0.4) is 0 Å². The Balaban J connectivity index is 1.57. The second kappa shape index (κ2) is 8.04. The number of amides is 2. The second-order valence-electron chi connectivity index (χ2n) is 6.60. The topological polar surface area (TPSA) is 58.6 Å². The van der Waals surface area contributed by atoms with Crippen LogP contribution in [0.2, 0.25) is 0 Å². The van der Waals surface area contributed by atoms with Crippen molar-refractivity contribution in [2.75, 3.05) is 25.5 Å². The monoisotopic (exact) mass is 352 g/mol. The first kappa shape index (κ1) is 18.0. The molecule has 0 aromatic heterocycles. The van der Waals surface area contributed by atoms with Gasteiger partial charge in [0, 0.05) is 36.3 Å². The van der Waals surface area contributed by atoms with E-state index in [4.69, 9.17) is 4.74 Å². The summed E-state index contributed by atoms with van der Waals surface area (Å²) in [5.41, 5.74) is 2.45. The average molecular weight is 352 g/mol. The van der Waals surface area contributed by atoms with Crippen LogP contribution >= 0.6 is 0 Å². The fourth-order valence-corrected chi connectivity index (χ4v) is 3.27. The van der Waals surface area contributed by atoms with Crippen LogP contribution in [-0.4, -0.2) is 36.9 Å². The number of benzene rings is 2. The van der Waals surface area contributed by atoms with E-state index < -0.39 is 0 Å². The predicted molar refractivity (Wildman–Crippen MR) is 101 cm³/mol. The van der Waals surface area contributed by atoms with Gasteiger partial charge >= 0.3 is 0 Å². The molecule has 26 heavy (non-hydrogen) atoms. The highest BCUT2D eigenvalue weighted by Crippen LogP contribution is 2.23. The average Bonchev–Trinajstić information content (AvgIpc) is 2.68. The van der Waals surface area contributed by atoms with Gasteiger partial charge in [-0.1, -0.05) is 24.3 Å². The molecule has 1 saturated heterocycles. The highest BCUT2D eigenvalue weighted by molar-refractivity contribution is 5.96. The summed E-state index contributed by atoms with van der Waals surface area (Å²) in [5.74, 6) is 0.680. The Hall–Kier alpha value is -2.82. The number of ether oxygens (including phenoxy) is 1. The van der Waals surface area contributed by atoms with E-state index in [1.54, 1.807) is 13.2 Å². The third-order valence-electron chi connectivity index (χ3n) is 4.87. The maximum atomic E-state index is 12.7. The third-order valence-corrected chi connectivity index (χ3v) is 4.87. The minimum absolute atomic E-state index is 0.00115. The smallest absolute Gasteiger partial charge is 0.254 e. The molecule has 0 bridgehead atoms. The lowest BCUT2D eigenvalue weighted by Gasteiger charge is -2.31. The molecule has 1 aliphatic rings.